The van der Waals surface area contributed by atoms with Gasteiger partial charge in [0.05, 0.1) is 18.0 Å². The van der Waals surface area contributed by atoms with Crippen LogP contribution in [0.3, 0.4) is 0 Å². The lowest BCUT2D eigenvalue weighted by atomic mass is 10.2. The Morgan fingerprint density at radius 3 is 2.68 bits per heavy atom. The van der Waals surface area contributed by atoms with Gasteiger partial charge in [-0.05, 0) is 37.3 Å². The van der Waals surface area contributed by atoms with Crippen LogP contribution in [-0.4, -0.2) is 42.7 Å². The molecule has 146 valence electrons. The zero-order chi connectivity index (χ0) is 19.3. The highest BCUT2D eigenvalue weighted by molar-refractivity contribution is 5.58. The molecule has 0 bridgehead atoms. The molecule has 0 N–H and O–H groups in total. The standard InChI is InChI=1S/C22H24FN3O2/c1-2-27-21-9-4-3-8-20(21)26-12-10-25(11-13-26)15-19-16-28-22(24-19)17-6-5-7-18(23)14-17/h3-9,14,16H,2,10-13,15H2,1H3. The first-order valence-electron chi connectivity index (χ1n) is 9.62. The van der Waals surface area contributed by atoms with E-state index in [1.165, 1.54) is 12.1 Å². The van der Waals surface area contributed by atoms with Crippen LogP contribution in [0, 0.1) is 5.82 Å². The molecule has 5 nitrogen and oxygen atoms in total. The smallest absolute Gasteiger partial charge is 0.226 e. The van der Waals surface area contributed by atoms with Gasteiger partial charge >= 0.3 is 0 Å². The Morgan fingerprint density at radius 2 is 1.89 bits per heavy atom. The number of oxazole rings is 1. The summed E-state index contributed by atoms with van der Waals surface area (Å²) in [6.45, 7) is 7.11. The lowest BCUT2D eigenvalue weighted by molar-refractivity contribution is 0.245. The molecular weight excluding hydrogens is 357 g/mol. The molecule has 1 fully saturated rings. The summed E-state index contributed by atoms with van der Waals surface area (Å²) in [5, 5.41) is 0. The van der Waals surface area contributed by atoms with Crippen LogP contribution in [0.25, 0.3) is 11.5 Å². The van der Waals surface area contributed by atoms with Crippen LogP contribution in [-0.2, 0) is 6.54 Å². The molecule has 1 saturated heterocycles. The molecule has 0 unspecified atom stereocenters. The van der Waals surface area contributed by atoms with E-state index in [2.05, 4.69) is 20.9 Å². The van der Waals surface area contributed by atoms with E-state index in [1.807, 2.05) is 25.1 Å². The zero-order valence-corrected chi connectivity index (χ0v) is 16.0. The second-order valence-electron chi connectivity index (χ2n) is 6.82. The topological polar surface area (TPSA) is 41.7 Å². The van der Waals surface area contributed by atoms with Crippen molar-refractivity contribution in [2.24, 2.45) is 0 Å². The molecule has 0 spiro atoms. The van der Waals surface area contributed by atoms with Crippen LogP contribution in [0.2, 0.25) is 0 Å². The summed E-state index contributed by atoms with van der Waals surface area (Å²) in [4.78, 5) is 9.24. The summed E-state index contributed by atoms with van der Waals surface area (Å²) in [7, 11) is 0. The molecule has 0 aliphatic carbocycles. The van der Waals surface area contributed by atoms with Gasteiger partial charge in [0.2, 0.25) is 5.89 Å². The Morgan fingerprint density at radius 1 is 1.07 bits per heavy atom. The van der Waals surface area contributed by atoms with E-state index in [9.17, 15) is 4.39 Å². The Hall–Kier alpha value is -2.86. The van der Waals surface area contributed by atoms with Gasteiger partial charge < -0.3 is 14.1 Å². The fraction of sp³-hybridized carbons (Fsp3) is 0.318. The minimum Gasteiger partial charge on any atom is -0.492 e. The van der Waals surface area contributed by atoms with Gasteiger partial charge in [-0.1, -0.05) is 18.2 Å². The number of benzene rings is 2. The van der Waals surface area contributed by atoms with Crippen molar-refractivity contribution in [3.63, 3.8) is 0 Å². The number of rotatable bonds is 6. The van der Waals surface area contributed by atoms with Crippen LogP contribution >= 0.6 is 0 Å². The average molecular weight is 381 g/mol. The number of piperazine rings is 1. The molecule has 1 aliphatic rings. The summed E-state index contributed by atoms with van der Waals surface area (Å²) in [6, 6.07) is 14.5. The highest BCUT2D eigenvalue weighted by Crippen LogP contribution is 2.29. The third kappa shape index (κ3) is 4.17. The van der Waals surface area contributed by atoms with Crippen molar-refractivity contribution in [2.75, 3.05) is 37.7 Å². The Bertz CT molecular complexity index is 919. The highest BCUT2D eigenvalue weighted by Gasteiger charge is 2.20. The molecule has 0 atom stereocenters. The predicted molar refractivity (Wildman–Crippen MR) is 107 cm³/mol. The molecule has 28 heavy (non-hydrogen) atoms. The maximum atomic E-state index is 13.4. The third-order valence-electron chi connectivity index (χ3n) is 4.89. The van der Waals surface area contributed by atoms with Gasteiger partial charge in [-0.2, -0.15) is 0 Å². The van der Waals surface area contributed by atoms with Crippen LogP contribution in [0.1, 0.15) is 12.6 Å². The van der Waals surface area contributed by atoms with Crippen molar-refractivity contribution in [2.45, 2.75) is 13.5 Å². The first-order valence-corrected chi connectivity index (χ1v) is 9.62. The first-order chi connectivity index (χ1) is 13.7. The minimum atomic E-state index is -0.291. The summed E-state index contributed by atoms with van der Waals surface area (Å²) < 4.78 is 24.7. The number of halogens is 1. The van der Waals surface area contributed by atoms with Crippen LogP contribution in [0.5, 0.6) is 5.75 Å². The van der Waals surface area contributed by atoms with E-state index in [4.69, 9.17) is 9.15 Å². The number of anilines is 1. The zero-order valence-electron chi connectivity index (χ0n) is 16.0. The second-order valence-corrected chi connectivity index (χ2v) is 6.82. The fourth-order valence-electron chi connectivity index (χ4n) is 3.51. The monoisotopic (exact) mass is 381 g/mol. The Labute approximate surface area is 164 Å². The van der Waals surface area contributed by atoms with Gasteiger partial charge in [-0.25, -0.2) is 9.37 Å². The van der Waals surface area contributed by atoms with E-state index >= 15 is 0 Å². The summed E-state index contributed by atoms with van der Waals surface area (Å²) in [6.07, 6.45) is 1.66. The quantitative estimate of drug-likeness (QED) is 0.640. The second kappa shape index (κ2) is 8.44. The summed E-state index contributed by atoms with van der Waals surface area (Å²) in [5.41, 5.74) is 2.67. The average Bonchev–Trinajstić information content (AvgIpc) is 3.18. The number of ether oxygens (including phenoxy) is 1. The van der Waals surface area contributed by atoms with Crippen molar-refractivity contribution < 1.29 is 13.5 Å². The molecule has 1 aliphatic heterocycles. The van der Waals surface area contributed by atoms with Gasteiger partial charge in [0.1, 0.15) is 17.8 Å². The number of para-hydroxylation sites is 2. The predicted octanol–water partition coefficient (Wildman–Crippen LogP) is 4.20. The highest BCUT2D eigenvalue weighted by atomic mass is 19.1. The van der Waals surface area contributed by atoms with E-state index in [-0.39, 0.29) is 5.82 Å². The Balaban J connectivity index is 1.36. The van der Waals surface area contributed by atoms with E-state index in [1.54, 1.807) is 18.4 Å². The van der Waals surface area contributed by atoms with Gasteiger partial charge in [0, 0.05) is 38.3 Å². The van der Waals surface area contributed by atoms with E-state index in [0.29, 0.717) is 18.1 Å². The fourth-order valence-corrected chi connectivity index (χ4v) is 3.51. The summed E-state index contributed by atoms with van der Waals surface area (Å²) >= 11 is 0. The number of hydrogen-bond acceptors (Lipinski definition) is 5. The van der Waals surface area contributed by atoms with Crippen molar-refractivity contribution in [1.82, 2.24) is 9.88 Å². The molecule has 2 aromatic carbocycles. The molecular formula is C22H24FN3O2. The SMILES string of the molecule is CCOc1ccccc1N1CCN(Cc2coc(-c3cccc(F)c3)n2)CC1. The van der Waals surface area contributed by atoms with E-state index < -0.39 is 0 Å². The Kier molecular flexibility index (Phi) is 5.58. The molecule has 0 saturated carbocycles. The van der Waals surface area contributed by atoms with Gasteiger partial charge in [0.15, 0.2) is 0 Å². The van der Waals surface area contributed by atoms with Gasteiger partial charge in [-0.15, -0.1) is 0 Å². The van der Waals surface area contributed by atoms with Crippen molar-refractivity contribution in [1.29, 1.82) is 0 Å². The molecule has 3 aromatic rings. The maximum absolute atomic E-state index is 13.4. The van der Waals surface area contributed by atoms with Crippen LogP contribution in [0.4, 0.5) is 10.1 Å². The number of hydrogen-bond donors (Lipinski definition) is 0. The van der Waals surface area contributed by atoms with Crippen molar-refractivity contribution in [3.05, 3.63) is 66.3 Å². The molecule has 0 radical (unpaired) electrons. The van der Waals surface area contributed by atoms with Crippen molar-refractivity contribution >= 4 is 5.69 Å². The lowest BCUT2D eigenvalue weighted by Crippen LogP contribution is -2.46. The largest absolute Gasteiger partial charge is 0.492 e. The van der Waals surface area contributed by atoms with Crippen LogP contribution in [0.15, 0.2) is 59.2 Å². The minimum absolute atomic E-state index is 0.291. The molecule has 4 rings (SSSR count). The third-order valence-corrected chi connectivity index (χ3v) is 4.89. The number of aromatic nitrogens is 1. The van der Waals surface area contributed by atoms with E-state index in [0.717, 1.165) is 49.9 Å². The van der Waals surface area contributed by atoms with Gasteiger partial charge in [-0.3, -0.25) is 4.90 Å². The maximum Gasteiger partial charge on any atom is 0.226 e. The molecule has 6 heteroatoms. The number of nitrogens with zero attached hydrogens (tertiary/aromatic N) is 3. The molecule has 2 heterocycles. The summed E-state index contributed by atoms with van der Waals surface area (Å²) in [5.74, 6) is 1.11. The van der Waals surface area contributed by atoms with Gasteiger partial charge in [0.25, 0.3) is 0 Å². The lowest BCUT2D eigenvalue weighted by Gasteiger charge is -2.36. The molecule has 1 aromatic heterocycles. The van der Waals surface area contributed by atoms with Crippen LogP contribution < -0.4 is 9.64 Å². The molecule has 0 amide bonds. The van der Waals surface area contributed by atoms with Crippen molar-refractivity contribution in [3.8, 4) is 17.2 Å². The normalized spacial score (nSPS) is 15.0. The first kappa shape index (κ1) is 18.5.